The van der Waals surface area contributed by atoms with Gasteiger partial charge in [0.05, 0.1) is 10.9 Å². The standard InChI is InChI=1S/C31H50N4O8S/c1-8-20-11-9-10-12-21-16-31(21,27(39)34-44(41,42)30(7)15-19(30)3)33-25(37)23-14-22(36)17-35(23)26(38)24(18(2)13-20)32-28(40)43-29(4,5)6/h10,12,18-24,36H,8-9,11,13-17H2,1-7H3,(H,32,40)(H,33,37)(H,34,39)/b12-10-/t18-,19+,20?,21-,22-,23+,24+,30?,31-/m1/s1. The molecule has 0 radical (unpaired) electrons. The van der Waals surface area contributed by atoms with E-state index in [9.17, 15) is 32.7 Å². The number of carbonyl (C=O) groups excluding carboxylic acids is 4. The molecule has 12 nitrogen and oxygen atoms in total. The molecule has 4 aliphatic rings. The second-order valence-electron chi connectivity index (χ2n) is 14.6. The first-order valence-corrected chi connectivity index (χ1v) is 17.4. The minimum absolute atomic E-state index is 0.0607. The first-order valence-electron chi connectivity index (χ1n) is 15.9. The number of aliphatic hydroxyl groups is 1. The normalized spacial score (nSPS) is 38.6. The van der Waals surface area contributed by atoms with Crippen LogP contribution in [0.3, 0.4) is 0 Å². The lowest BCUT2D eigenvalue weighted by molar-refractivity contribution is -0.142. The third-order valence-corrected chi connectivity index (χ3v) is 12.2. The Morgan fingerprint density at radius 2 is 1.84 bits per heavy atom. The fourth-order valence-corrected chi connectivity index (χ4v) is 8.31. The van der Waals surface area contributed by atoms with Gasteiger partial charge >= 0.3 is 6.09 Å². The summed E-state index contributed by atoms with van der Waals surface area (Å²) in [6, 6.07) is -2.13. The summed E-state index contributed by atoms with van der Waals surface area (Å²) < 4.78 is 32.9. The topological polar surface area (TPSA) is 171 Å². The molecule has 248 valence electrons. The molecule has 2 heterocycles. The average Bonchev–Trinajstić information content (AvgIpc) is 3.72. The number of carbonyl (C=O) groups is 4. The van der Waals surface area contributed by atoms with Crippen LogP contribution in [-0.2, 0) is 29.1 Å². The van der Waals surface area contributed by atoms with Crippen LogP contribution in [0.15, 0.2) is 12.2 Å². The van der Waals surface area contributed by atoms with Gasteiger partial charge in [-0.15, -0.1) is 0 Å². The van der Waals surface area contributed by atoms with Gasteiger partial charge < -0.3 is 25.4 Å². The highest BCUT2D eigenvalue weighted by Gasteiger charge is 2.64. The second-order valence-corrected chi connectivity index (χ2v) is 16.8. The van der Waals surface area contributed by atoms with Crippen molar-refractivity contribution in [2.24, 2.45) is 23.7 Å². The highest BCUT2D eigenvalue weighted by molar-refractivity contribution is 7.91. The molecule has 1 saturated heterocycles. The van der Waals surface area contributed by atoms with Crippen LogP contribution in [0, 0.1) is 23.7 Å². The minimum atomic E-state index is -3.99. The Hall–Kier alpha value is -2.67. The van der Waals surface area contributed by atoms with Crippen LogP contribution < -0.4 is 15.4 Å². The van der Waals surface area contributed by atoms with Gasteiger partial charge in [0.25, 0.3) is 5.91 Å². The van der Waals surface area contributed by atoms with Gasteiger partial charge in [-0.05, 0) is 77.6 Å². The van der Waals surface area contributed by atoms with E-state index in [4.69, 9.17) is 4.74 Å². The van der Waals surface area contributed by atoms with Gasteiger partial charge in [-0.2, -0.15) is 0 Å². The van der Waals surface area contributed by atoms with Crippen LogP contribution in [-0.4, -0.2) is 82.9 Å². The number of aliphatic hydroxyl groups excluding tert-OH is 1. The number of amides is 4. The Bertz CT molecular complexity index is 1300. The van der Waals surface area contributed by atoms with Crippen molar-refractivity contribution in [1.82, 2.24) is 20.3 Å². The molecule has 0 aromatic rings. The molecule has 2 aliphatic heterocycles. The molecule has 2 saturated carbocycles. The van der Waals surface area contributed by atoms with Crippen LogP contribution in [0.1, 0.15) is 93.4 Å². The van der Waals surface area contributed by atoms with E-state index in [2.05, 4.69) is 22.3 Å². The zero-order valence-electron chi connectivity index (χ0n) is 27.0. The predicted octanol–water partition coefficient (Wildman–Crippen LogP) is 2.36. The molecular weight excluding hydrogens is 588 g/mol. The average molecular weight is 639 g/mol. The lowest BCUT2D eigenvalue weighted by Gasteiger charge is -2.33. The monoisotopic (exact) mass is 638 g/mol. The van der Waals surface area contributed by atoms with Crippen LogP contribution in [0.5, 0.6) is 0 Å². The molecule has 44 heavy (non-hydrogen) atoms. The molecule has 4 amide bonds. The summed E-state index contributed by atoms with van der Waals surface area (Å²) in [5.74, 6) is -2.58. The largest absolute Gasteiger partial charge is 0.444 e. The van der Waals surface area contributed by atoms with E-state index in [1.54, 1.807) is 27.7 Å². The van der Waals surface area contributed by atoms with E-state index in [-0.39, 0.29) is 37.1 Å². The van der Waals surface area contributed by atoms with Crippen LogP contribution in [0.25, 0.3) is 0 Å². The maximum absolute atomic E-state index is 14.1. The van der Waals surface area contributed by atoms with Crippen LogP contribution >= 0.6 is 0 Å². The molecular formula is C31H50N4O8S. The highest BCUT2D eigenvalue weighted by atomic mass is 32.2. The van der Waals surface area contributed by atoms with Gasteiger partial charge in [0.2, 0.25) is 21.8 Å². The van der Waals surface area contributed by atoms with E-state index in [1.165, 1.54) is 4.90 Å². The number of alkyl carbamates (subject to hydrolysis) is 1. The SMILES string of the molecule is CCC1CC/C=C\[C@@H]2C[C@@]2(C(=O)NS(=O)(=O)C2(C)C[C@@H]2C)NC(=O)[C@@H]2C[C@@H](O)CN2C(=O)[C@@H](NC(=O)OC(C)(C)C)[C@H](C)C1. The summed E-state index contributed by atoms with van der Waals surface area (Å²) in [5, 5.41) is 16.1. The number of allylic oxidation sites excluding steroid dienone is 1. The highest BCUT2D eigenvalue weighted by Crippen LogP contribution is 2.50. The van der Waals surface area contributed by atoms with Gasteiger partial charge in [0.1, 0.15) is 23.2 Å². The van der Waals surface area contributed by atoms with Gasteiger partial charge in [-0.3, -0.25) is 19.1 Å². The Kier molecular flexibility index (Phi) is 9.53. The number of hydrogen-bond donors (Lipinski definition) is 4. The molecule has 9 atom stereocenters. The summed E-state index contributed by atoms with van der Waals surface area (Å²) in [7, 11) is -3.99. The molecule has 2 unspecified atom stereocenters. The number of nitrogens with zero attached hydrogens (tertiary/aromatic N) is 1. The van der Waals surface area contributed by atoms with Crippen molar-refractivity contribution >= 4 is 33.8 Å². The van der Waals surface area contributed by atoms with E-state index in [1.807, 2.05) is 26.0 Å². The lowest BCUT2D eigenvalue weighted by atomic mass is 9.85. The second kappa shape index (κ2) is 12.3. The van der Waals surface area contributed by atoms with Crippen LogP contribution in [0.4, 0.5) is 4.79 Å². The Labute approximate surface area is 261 Å². The summed E-state index contributed by atoms with van der Waals surface area (Å²) in [4.78, 5) is 55.6. The maximum atomic E-state index is 14.1. The Morgan fingerprint density at radius 3 is 2.43 bits per heavy atom. The first-order chi connectivity index (χ1) is 20.3. The molecule has 0 aromatic carbocycles. The van der Waals surface area contributed by atoms with Crippen molar-refractivity contribution in [2.75, 3.05) is 6.54 Å². The van der Waals surface area contributed by atoms with E-state index < -0.39 is 73.8 Å². The van der Waals surface area contributed by atoms with Crippen molar-refractivity contribution in [3.63, 3.8) is 0 Å². The van der Waals surface area contributed by atoms with E-state index >= 15 is 0 Å². The predicted molar refractivity (Wildman–Crippen MR) is 163 cm³/mol. The number of hydrogen-bond acceptors (Lipinski definition) is 8. The zero-order chi connectivity index (χ0) is 32.8. The fraction of sp³-hybridized carbons (Fsp3) is 0.806. The molecule has 13 heteroatoms. The first kappa shape index (κ1) is 34.2. The number of rotatable bonds is 5. The number of sulfonamides is 1. The third-order valence-electron chi connectivity index (χ3n) is 9.97. The maximum Gasteiger partial charge on any atom is 0.408 e. The Morgan fingerprint density at radius 1 is 1.18 bits per heavy atom. The fourth-order valence-electron chi connectivity index (χ4n) is 6.65. The van der Waals surface area contributed by atoms with Crippen LogP contribution in [0.2, 0.25) is 0 Å². The van der Waals surface area contributed by atoms with Gasteiger partial charge in [-0.25, -0.2) is 13.2 Å². The molecule has 0 spiro atoms. The minimum Gasteiger partial charge on any atom is -0.444 e. The molecule has 3 fully saturated rings. The van der Waals surface area contributed by atoms with E-state index in [0.29, 0.717) is 19.3 Å². The smallest absolute Gasteiger partial charge is 0.408 e. The summed E-state index contributed by atoms with van der Waals surface area (Å²) in [5.41, 5.74) is -2.29. The molecule has 0 bridgehead atoms. The van der Waals surface area contributed by atoms with Crippen molar-refractivity contribution < 1.29 is 37.4 Å². The van der Waals surface area contributed by atoms with Gasteiger partial charge in [-0.1, -0.05) is 39.3 Å². The summed E-state index contributed by atoms with van der Waals surface area (Å²) >= 11 is 0. The number of ether oxygens (including phenoxy) is 1. The molecule has 4 rings (SSSR count). The summed E-state index contributed by atoms with van der Waals surface area (Å²) in [6.07, 6.45) is 5.64. The molecule has 0 aromatic heterocycles. The number of fused-ring (bicyclic) bond motifs is 2. The van der Waals surface area contributed by atoms with Crippen molar-refractivity contribution in [2.45, 2.75) is 127 Å². The zero-order valence-corrected chi connectivity index (χ0v) is 27.8. The van der Waals surface area contributed by atoms with Gasteiger partial charge in [0.15, 0.2) is 0 Å². The van der Waals surface area contributed by atoms with Crippen molar-refractivity contribution in [3.8, 4) is 0 Å². The van der Waals surface area contributed by atoms with Crippen molar-refractivity contribution in [3.05, 3.63) is 12.2 Å². The summed E-state index contributed by atoms with van der Waals surface area (Å²) in [6.45, 7) is 12.4. The quantitative estimate of drug-likeness (QED) is 0.333. The van der Waals surface area contributed by atoms with Crippen molar-refractivity contribution in [1.29, 1.82) is 0 Å². The molecule has 4 N–H and O–H groups in total. The van der Waals surface area contributed by atoms with E-state index in [0.717, 1.165) is 12.8 Å². The molecule has 2 aliphatic carbocycles. The van der Waals surface area contributed by atoms with Gasteiger partial charge in [0, 0.05) is 18.9 Å². The Balaban J connectivity index is 1.65. The lowest BCUT2D eigenvalue weighted by Crippen LogP contribution is -2.59. The number of nitrogens with one attached hydrogen (secondary N) is 3. The third kappa shape index (κ3) is 7.08.